The third-order valence-corrected chi connectivity index (χ3v) is 2.29. The van der Waals surface area contributed by atoms with Gasteiger partial charge in [-0.25, -0.2) is 0 Å². The largest absolute Gasteiger partial charge is 0.504 e. The zero-order valence-electron chi connectivity index (χ0n) is 9.87. The van der Waals surface area contributed by atoms with E-state index in [9.17, 15) is 5.11 Å². The molecule has 7 nitrogen and oxygen atoms in total. The number of nitriles is 1. The number of azide groups is 1. The van der Waals surface area contributed by atoms with Crippen LogP contribution in [0.4, 0.5) is 0 Å². The van der Waals surface area contributed by atoms with Gasteiger partial charge in [-0.15, -0.1) is 0 Å². The second-order valence-corrected chi connectivity index (χ2v) is 3.40. The minimum atomic E-state index is -0.548. The molecule has 0 fully saturated rings. The molecule has 0 aliphatic carbocycles. The summed E-state index contributed by atoms with van der Waals surface area (Å²) in [5.74, 6) is 0.330. The van der Waals surface area contributed by atoms with Crippen LogP contribution in [0, 0.1) is 11.3 Å². The van der Waals surface area contributed by atoms with Gasteiger partial charge in [0.25, 0.3) is 0 Å². The average molecular weight is 247 g/mol. The van der Waals surface area contributed by atoms with Gasteiger partial charge in [-0.3, -0.25) is 5.32 Å². The van der Waals surface area contributed by atoms with Crippen molar-refractivity contribution in [3.05, 3.63) is 34.2 Å². The minimum Gasteiger partial charge on any atom is -0.504 e. The van der Waals surface area contributed by atoms with E-state index in [1.165, 1.54) is 13.2 Å². The molecule has 0 saturated heterocycles. The van der Waals surface area contributed by atoms with Gasteiger partial charge in [0, 0.05) is 18.0 Å². The number of benzene rings is 1. The SMILES string of the molecule is COc1cc(C(C#N)NCCN=[N+]=[N-])ccc1O. The minimum absolute atomic E-state index is 0.0204. The molecule has 2 N–H and O–H groups in total. The molecule has 1 aromatic rings. The summed E-state index contributed by atoms with van der Waals surface area (Å²) in [5, 5.41) is 24.8. The molecule has 0 radical (unpaired) electrons. The van der Waals surface area contributed by atoms with Crippen molar-refractivity contribution >= 4 is 0 Å². The van der Waals surface area contributed by atoms with Crippen molar-refractivity contribution in [1.29, 1.82) is 5.26 Å². The summed E-state index contributed by atoms with van der Waals surface area (Å²) >= 11 is 0. The molecule has 0 spiro atoms. The maximum absolute atomic E-state index is 9.45. The number of nitrogens with one attached hydrogen (secondary N) is 1. The van der Waals surface area contributed by atoms with Crippen LogP contribution in [0.25, 0.3) is 10.4 Å². The quantitative estimate of drug-likeness (QED) is 0.345. The number of hydrogen-bond donors (Lipinski definition) is 2. The second kappa shape index (κ2) is 7.01. The van der Waals surface area contributed by atoms with E-state index < -0.39 is 6.04 Å². The Bertz CT molecular complexity index is 491. The lowest BCUT2D eigenvalue weighted by atomic mass is 10.1. The topological polar surface area (TPSA) is 114 Å². The number of aromatic hydroxyl groups is 1. The molecule has 0 aromatic heterocycles. The lowest BCUT2D eigenvalue weighted by Gasteiger charge is -2.12. The Hall–Kier alpha value is -2.42. The van der Waals surface area contributed by atoms with Gasteiger partial charge in [0.2, 0.25) is 0 Å². The van der Waals surface area contributed by atoms with E-state index in [4.69, 9.17) is 15.5 Å². The summed E-state index contributed by atoms with van der Waals surface area (Å²) in [6.45, 7) is 0.662. The Labute approximate surface area is 104 Å². The molecule has 18 heavy (non-hydrogen) atoms. The van der Waals surface area contributed by atoms with Crippen LogP contribution in [0.5, 0.6) is 11.5 Å². The number of ether oxygens (including phenoxy) is 1. The smallest absolute Gasteiger partial charge is 0.160 e. The summed E-state index contributed by atoms with van der Waals surface area (Å²) in [5.41, 5.74) is 8.80. The van der Waals surface area contributed by atoms with Crippen LogP contribution < -0.4 is 10.1 Å². The summed E-state index contributed by atoms with van der Waals surface area (Å²) < 4.78 is 4.97. The number of phenols is 1. The molecule has 0 aliphatic heterocycles. The van der Waals surface area contributed by atoms with Crippen LogP contribution in [0.2, 0.25) is 0 Å². The third-order valence-electron chi connectivity index (χ3n) is 2.29. The fourth-order valence-electron chi connectivity index (χ4n) is 1.42. The number of phenolic OH excluding ortho intramolecular Hbond substituents is 1. The van der Waals surface area contributed by atoms with Crippen LogP contribution in [-0.4, -0.2) is 25.3 Å². The maximum Gasteiger partial charge on any atom is 0.160 e. The van der Waals surface area contributed by atoms with Gasteiger partial charge in [-0.1, -0.05) is 11.2 Å². The number of rotatable bonds is 6. The van der Waals surface area contributed by atoms with Crippen LogP contribution in [0.1, 0.15) is 11.6 Å². The predicted octanol–water partition coefficient (Wildman–Crippen LogP) is 1.87. The highest BCUT2D eigenvalue weighted by Crippen LogP contribution is 2.28. The highest BCUT2D eigenvalue weighted by Gasteiger charge is 2.12. The maximum atomic E-state index is 9.45. The Morgan fingerprint density at radius 2 is 2.44 bits per heavy atom. The summed E-state index contributed by atoms with van der Waals surface area (Å²) in [4.78, 5) is 2.62. The molecule has 1 atom stereocenters. The zero-order chi connectivity index (χ0) is 13.4. The monoisotopic (exact) mass is 247 g/mol. The van der Waals surface area contributed by atoms with Gasteiger partial charge >= 0.3 is 0 Å². The van der Waals surface area contributed by atoms with Gasteiger partial charge in [0.15, 0.2) is 11.5 Å². The molecule has 1 unspecified atom stereocenters. The lowest BCUT2D eigenvalue weighted by Crippen LogP contribution is -2.22. The molecule has 1 rings (SSSR count). The van der Waals surface area contributed by atoms with E-state index in [1.54, 1.807) is 12.1 Å². The van der Waals surface area contributed by atoms with E-state index in [-0.39, 0.29) is 12.3 Å². The van der Waals surface area contributed by atoms with Gasteiger partial charge in [0.05, 0.1) is 13.2 Å². The zero-order valence-corrected chi connectivity index (χ0v) is 9.87. The van der Waals surface area contributed by atoms with E-state index in [0.717, 1.165) is 0 Å². The van der Waals surface area contributed by atoms with E-state index in [2.05, 4.69) is 21.4 Å². The molecule has 0 saturated carbocycles. The number of methoxy groups -OCH3 is 1. The van der Waals surface area contributed by atoms with Crippen molar-refractivity contribution in [2.24, 2.45) is 5.11 Å². The van der Waals surface area contributed by atoms with Gasteiger partial charge in [0.1, 0.15) is 6.04 Å². The van der Waals surface area contributed by atoms with Crippen molar-refractivity contribution in [1.82, 2.24) is 5.32 Å². The molecule has 0 aliphatic rings. The van der Waals surface area contributed by atoms with Crippen molar-refractivity contribution in [2.45, 2.75) is 6.04 Å². The number of nitrogens with zero attached hydrogens (tertiary/aromatic N) is 4. The van der Waals surface area contributed by atoms with Gasteiger partial charge in [-0.05, 0) is 23.2 Å². The van der Waals surface area contributed by atoms with Crippen LogP contribution in [0.15, 0.2) is 23.3 Å². The first-order chi connectivity index (χ1) is 8.72. The highest BCUT2D eigenvalue weighted by atomic mass is 16.5. The lowest BCUT2D eigenvalue weighted by molar-refractivity contribution is 0.372. The summed E-state index contributed by atoms with van der Waals surface area (Å²) in [6, 6.07) is 6.22. The standard InChI is InChI=1S/C11H13N5O2/c1-18-11-6-8(2-3-10(11)17)9(7-12)14-4-5-15-16-13/h2-3,6,9,14,17H,4-5H2,1H3. The van der Waals surface area contributed by atoms with Crippen molar-refractivity contribution in [2.75, 3.05) is 20.2 Å². The first-order valence-corrected chi connectivity index (χ1v) is 5.23. The fourth-order valence-corrected chi connectivity index (χ4v) is 1.42. The van der Waals surface area contributed by atoms with Crippen LogP contribution in [-0.2, 0) is 0 Å². The molecular weight excluding hydrogens is 234 g/mol. The Kier molecular flexibility index (Phi) is 5.32. The first kappa shape index (κ1) is 13.6. The molecule has 0 heterocycles. The summed E-state index contributed by atoms with van der Waals surface area (Å²) in [7, 11) is 1.44. The Morgan fingerprint density at radius 3 is 3.06 bits per heavy atom. The molecule has 1 aromatic carbocycles. The van der Waals surface area contributed by atoms with Crippen molar-refractivity contribution < 1.29 is 9.84 Å². The van der Waals surface area contributed by atoms with E-state index in [0.29, 0.717) is 17.9 Å². The predicted molar refractivity (Wildman–Crippen MR) is 65.0 cm³/mol. The normalized spacial score (nSPS) is 11.1. The van der Waals surface area contributed by atoms with E-state index in [1.807, 2.05) is 0 Å². The Morgan fingerprint density at radius 1 is 1.67 bits per heavy atom. The summed E-state index contributed by atoms with van der Waals surface area (Å²) in [6.07, 6.45) is 0. The fraction of sp³-hybridized carbons (Fsp3) is 0.364. The number of hydrogen-bond acceptors (Lipinski definition) is 5. The van der Waals surface area contributed by atoms with Crippen molar-refractivity contribution in [3.63, 3.8) is 0 Å². The molecular formula is C11H13N5O2. The second-order valence-electron chi connectivity index (χ2n) is 3.40. The van der Waals surface area contributed by atoms with Gasteiger partial charge in [-0.2, -0.15) is 5.26 Å². The molecule has 94 valence electrons. The Balaban J connectivity index is 2.76. The van der Waals surface area contributed by atoms with Gasteiger partial charge < -0.3 is 9.84 Å². The average Bonchev–Trinajstić information content (AvgIpc) is 2.40. The van der Waals surface area contributed by atoms with Crippen molar-refractivity contribution in [3.8, 4) is 17.6 Å². The van der Waals surface area contributed by atoms with Crippen LogP contribution >= 0.6 is 0 Å². The van der Waals surface area contributed by atoms with E-state index >= 15 is 0 Å². The highest BCUT2D eigenvalue weighted by molar-refractivity contribution is 5.43. The molecule has 7 heteroatoms. The molecule has 0 amide bonds. The first-order valence-electron chi connectivity index (χ1n) is 5.23. The third kappa shape index (κ3) is 3.56. The van der Waals surface area contributed by atoms with Crippen LogP contribution in [0.3, 0.4) is 0 Å². The molecule has 0 bridgehead atoms.